The van der Waals surface area contributed by atoms with Crippen LogP contribution in [0.2, 0.25) is 0 Å². The van der Waals surface area contributed by atoms with Crippen molar-refractivity contribution in [2.24, 2.45) is 11.7 Å². The fourth-order valence-electron chi connectivity index (χ4n) is 3.64. The molecule has 3 rings (SSSR count). The third-order valence-electron chi connectivity index (χ3n) is 5.02. The van der Waals surface area contributed by atoms with E-state index in [1.807, 2.05) is 12.1 Å². The van der Waals surface area contributed by atoms with Crippen molar-refractivity contribution in [1.82, 2.24) is 4.90 Å². The van der Waals surface area contributed by atoms with Crippen molar-refractivity contribution in [3.63, 3.8) is 0 Å². The lowest BCUT2D eigenvalue weighted by Gasteiger charge is -2.39. The van der Waals surface area contributed by atoms with Gasteiger partial charge in [0, 0.05) is 44.5 Å². The summed E-state index contributed by atoms with van der Waals surface area (Å²) in [5.41, 5.74) is 7.39. The Labute approximate surface area is 126 Å². The molecule has 1 saturated carbocycles. The summed E-state index contributed by atoms with van der Waals surface area (Å²) in [6.45, 7) is 5.36. The van der Waals surface area contributed by atoms with Crippen molar-refractivity contribution < 1.29 is 4.39 Å². The van der Waals surface area contributed by atoms with Crippen LogP contribution in [0.25, 0.3) is 0 Å². The zero-order valence-corrected chi connectivity index (χ0v) is 12.7. The van der Waals surface area contributed by atoms with Crippen molar-refractivity contribution in [2.45, 2.75) is 31.7 Å². The lowest BCUT2D eigenvalue weighted by molar-refractivity contribution is 0.177. The predicted octanol–water partition coefficient (Wildman–Crippen LogP) is 2.47. The van der Waals surface area contributed by atoms with E-state index in [4.69, 9.17) is 5.73 Å². The summed E-state index contributed by atoms with van der Waals surface area (Å²) in [4.78, 5) is 4.90. The molecule has 0 amide bonds. The van der Waals surface area contributed by atoms with Gasteiger partial charge >= 0.3 is 0 Å². The number of hydrogen-bond acceptors (Lipinski definition) is 3. The van der Waals surface area contributed by atoms with E-state index in [0.29, 0.717) is 12.0 Å². The molecule has 2 unspecified atom stereocenters. The molecule has 0 aromatic heterocycles. The number of anilines is 1. The van der Waals surface area contributed by atoms with Crippen molar-refractivity contribution in [3.05, 3.63) is 30.1 Å². The third kappa shape index (κ3) is 3.74. The fourth-order valence-corrected chi connectivity index (χ4v) is 3.64. The first-order valence-corrected chi connectivity index (χ1v) is 8.21. The normalized spacial score (nSPS) is 27.8. The molecule has 2 atom stereocenters. The van der Waals surface area contributed by atoms with Gasteiger partial charge in [0.05, 0.1) is 0 Å². The second kappa shape index (κ2) is 6.75. The Morgan fingerprint density at radius 3 is 2.33 bits per heavy atom. The molecule has 21 heavy (non-hydrogen) atoms. The fraction of sp³-hybridized carbons (Fsp3) is 0.647. The molecule has 2 N–H and O–H groups in total. The van der Waals surface area contributed by atoms with Crippen molar-refractivity contribution >= 4 is 5.69 Å². The lowest BCUT2D eigenvalue weighted by atomic mass is 9.84. The van der Waals surface area contributed by atoms with Crippen LogP contribution in [0, 0.1) is 11.7 Å². The highest BCUT2D eigenvalue weighted by Gasteiger charge is 2.26. The molecule has 0 bridgehead atoms. The lowest BCUT2D eigenvalue weighted by Crippen LogP contribution is -2.50. The van der Waals surface area contributed by atoms with Crippen LogP contribution >= 0.6 is 0 Å². The van der Waals surface area contributed by atoms with E-state index in [1.54, 1.807) is 12.1 Å². The highest BCUT2D eigenvalue weighted by atomic mass is 19.1. The molecular weight excluding hydrogens is 265 g/mol. The van der Waals surface area contributed by atoms with Crippen LogP contribution in [-0.2, 0) is 0 Å². The topological polar surface area (TPSA) is 32.5 Å². The number of benzene rings is 1. The molecular formula is C17H26FN3. The third-order valence-corrected chi connectivity index (χ3v) is 5.02. The quantitative estimate of drug-likeness (QED) is 0.928. The molecule has 4 heteroatoms. The average Bonchev–Trinajstić information content (AvgIpc) is 2.51. The summed E-state index contributed by atoms with van der Waals surface area (Å²) >= 11 is 0. The Kier molecular flexibility index (Phi) is 4.76. The van der Waals surface area contributed by atoms with Crippen molar-refractivity contribution in [2.75, 3.05) is 37.6 Å². The van der Waals surface area contributed by atoms with Gasteiger partial charge in [-0.25, -0.2) is 4.39 Å². The van der Waals surface area contributed by atoms with Crippen LogP contribution in [0.5, 0.6) is 0 Å². The highest BCUT2D eigenvalue weighted by Crippen LogP contribution is 2.24. The number of piperazine rings is 1. The van der Waals surface area contributed by atoms with Gasteiger partial charge in [0.15, 0.2) is 0 Å². The Morgan fingerprint density at radius 2 is 1.67 bits per heavy atom. The average molecular weight is 291 g/mol. The molecule has 3 nitrogen and oxygen atoms in total. The molecule has 1 aromatic rings. The summed E-state index contributed by atoms with van der Waals surface area (Å²) in [7, 11) is 0. The Balaban J connectivity index is 1.49. The molecule has 1 saturated heterocycles. The highest BCUT2D eigenvalue weighted by molar-refractivity contribution is 5.46. The Morgan fingerprint density at radius 1 is 1.00 bits per heavy atom. The molecule has 1 aliphatic heterocycles. The zero-order valence-electron chi connectivity index (χ0n) is 12.7. The Bertz CT molecular complexity index is 440. The maximum atomic E-state index is 13.0. The minimum Gasteiger partial charge on any atom is -0.369 e. The van der Waals surface area contributed by atoms with Gasteiger partial charge in [-0.1, -0.05) is 12.8 Å². The van der Waals surface area contributed by atoms with E-state index in [-0.39, 0.29) is 5.82 Å². The second-order valence-corrected chi connectivity index (χ2v) is 6.47. The molecule has 0 spiro atoms. The van der Waals surface area contributed by atoms with Crippen LogP contribution in [0.4, 0.5) is 10.1 Å². The van der Waals surface area contributed by atoms with Crippen LogP contribution in [-0.4, -0.2) is 43.7 Å². The monoisotopic (exact) mass is 291 g/mol. The number of nitrogens with zero attached hydrogens (tertiary/aromatic N) is 2. The van der Waals surface area contributed by atoms with Crippen molar-refractivity contribution in [1.29, 1.82) is 0 Å². The molecule has 1 aromatic carbocycles. The maximum Gasteiger partial charge on any atom is 0.123 e. The number of nitrogens with two attached hydrogens (primary N) is 1. The molecule has 2 fully saturated rings. The van der Waals surface area contributed by atoms with Gasteiger partial charge in [0.1, 0.15) is 5.82 Å². The first kappa shape index (κ1) is 14.8. The Hall–Kier alpha value is -1.13. The molecule has 2 aliphatic rings. The van der Waals surface area contributed by atoms with Gasteiger partial charge in [-0.2, -0.15) is 0 Å². The summed E-state index contributed by atoms with van der Waals surface area (Å²) < 4.78 is 13.0. The second-order valence-electron chi connectivity index (χ2n) is 6.47. The maximum absolute atomic E-state index is 13.0. The van der Waals surface area contributed by atoms with Gasteiger partial charge in [-0.3, -0.25) is 4.90 Å². The summed E-state index contributed by atoms with van der Waals surface area (Å²) in [6, 6.07) is 7.24. The van der Waals surface area contributed by atoms with Crippen LogP contribution in [0.1, 0.15) is 25.7 Å². The van der Waals surface area contributed by atoms with Crippen LogP contribution < -0.4 is 10.6 Å². The smallest absolute Gasteiger partial charge is 0.123 e. The van der Waals surface area contributed by atoms with Gasteiger partial charge in [-0.05, 0) is 43.0 Å². The largest absolute Gasteiger partial charge is 0.369 e. The van der Waals surface area contributed by atoms with E-state index < -0.39 is 0 Å². The van der Waals surface area contributed by atoms with Crippen molar-refractivity contribution in [3.8, 4) is 0 Å². The van der Waals surface area contributed by atoms with Gasteiger partial charge in [0.2, 0.25) is 0 Å². The minimum atomic E-state index is -0.163. The van der Waals surface area contributed by atoms with Gasteiger partial charge < -0.3 is 10.6 Å². The van der Waals surface area contributed by atoms with E-state index >= 15 is 0 Å². The number of hydrogen-bond donors (Lipinski definition) is 1. The first-order valence-electron chi connectivity index (χ1n) is 8.21. The standard InChI is InChI=1S/C17H26FN3/c18-15-5-7-16(8-6-15)21-11-9-20(10-12-21)13-14-3-1-2-4-17(14)19/h5-8,14,17H,1-4,9-13,19H2. The van der Waals surface area contributed by atoms with Gasteiger partial charge in [-0.15, -0.1) is 0 Å². The minimum absolute atomic E-state index is 0.163. The molecule has 1 aliphatic carbocycles. The molecule has 1 heterocycles. The number of rotatable bonds is 3. The number of halogens is 1. The summed E-state index contributed by atoms with van der Waals surface area (Å²) in [5, 5.41) is 0. The predicted molar refractivity (Wildman–Crippen MR) is 85.0 cm³/mol. The van der Waals surface area contributed by atoms with E-state index in [2.05, 4.69) is 9.80 Å². The summed E-state index contributed by atoms with van der Waals surface area (Å²) in [6.07, 6.45) is 5.13. The molecule has 0 radical (unpaired) electrons. The summed E-state index contributed by atoms with van der Waals surface area (Å²) in [5.74, 6) is 0.514. The zero-order chi connectivity index (χ0) is 14.7. The van der Waals surface area contributed by atoms with Crippen LogP contribution in [0.3, 0.4) is 0 Å². The van der Waals surface area contributed by atoms with E-state index in [0.717, 1.165) is 38.4 Å². The van der Waals surface area contributed by atoms with Gasteiger partial charge in [0.25, 0.3) is 0 Å². The van der Waals surface area contributed by atoms with E-state index in [1.165, 1.54) is 25.7 Å². The van der Waals surface area contributed by atoms with Crippen LogP contribution in [0.15, 0.2) is 24.3 Å². The SMILES string of the molecule is NC1CCCCC1CN1CCN(c2ccc(F)cc2)CC1. The first-order chi connectivity index (χ1) is 10.2. The van der Waals surface area contributed by atoms with E-state index in [9.17, 15) is 4.39 Å². The molecule has 116 valence electrons.